The first kappa shape index (κ1) is 21.9. The largest absolute Gasteiger partial charge is 0.463 e. The standard InChI is InChI=1S/C19H27FN6O4/c1-6-12(27)23-18-24-14(21-5)13-15(25-18)26(9-22-13)17-19(4,20)7-11(30-17)8-29-16(28)10(2)3/h9-11,17H,6-8H2,1-5H3,(H2,21,23,24,25,27)/t11-,17+,19+/m0/s1. The van der Waals surface area contributed by atoms with E-state index in [0.29, 0.717) is 17.0 Å². The molecular weight excluding hydrogens is 395 g/mol. The van der Waals surface area contributed by atoms with E-state index in [1.807, 2.05) is 0 Å². The normalized spacial score (nSPS) is 23.7. The zero-order valence-corrected chi connectivity index (χ0v) is 17.7. The molecule has 1 aliphatic heterocycles. The molecule has 1 fully saturated rings. The lowest BCUT2D eigenvalue weighted by molar-refractivity contribution is -0.152. The van der Waals surface area contributed by atoms with Crippen molar-refractivity contribution in [3.63, 3.8) is 0 Å². The summed E-state index contributed by atoms with van der Waals surface area (Å²) in [6.45, 7) is 6.56. The fourth-order valence-electron chi connectivity index (χ4n) is 3.25. The first-order valence-corrected chi connectivity index (χ1v) is 9.89. The highest BCUT2D eigenvalue weighted by Crippen LogP contribution is 2.42. The monoisotopic (exact) mass is 422 g/mol. The Kier molecular flexibility index (Phi) is 6.20. The fraction of sp³-hybridized carbons (Fsp3) is 0.632. The summed E-state index contributed by atoms with van der Waals surface area (Å²) in [5, 5.41) is 5.51. The van der Waals surface area contributed by atoms with Gasteiger partial charge in [0.25, 0.3) is 0 Å². The smallest absolute Gasteiger partial charge is 0.308 e. The molecule has 0 aromatic carbocycles. The number of esters is 1. The lowest BCUT2D eigenvalue weighted by Crippen LogP contribution is -2.27. The van der Waals surface area contributed by atoms with Crippen molar-refractivity contribution in [1.29, 1.82) is 0 Å². The highest BCUT2D eigenvalue weighted by Gasteiger charge is 2.48. The molecule has 11 heteroatoms. The van der Waals surface area contributed by atoms with Crippen molar-refractivity contribution in [1.82, 2.24) is 19.5 Å². The molecule has 0 unspecified atom stereocenters. The zero-order chi connectivity index (χ0) is 22.1. The van der Waals surface area contributed by atoms with Gasteiger partial charge in [0.15, 0.2) is 28.9 Å². The molecule has 164 valence electrons. The van der Waals surface area contributed by atoms with Gasteiger partial charge in [-0.05, 0) is 6.92 Å². The molecule has 0 aliphatic carbocycles. The molecule has 0 radical (unpaired) electrons. The van der Waals surface area contributed by atoms with Gasteiger partial charge >= 0.3 is 5.97 Å². The number of fused-ring (bicyclic) bond motifs is 1. The minimum absolute atomic E-state index is 0.0335. The van der Waals surface area contributed by atoms with E-state index >= 15 is 4.39 Å². The number of nitrogens with one attached hydrogen (secondary N) is 2. The molecule has 3 atom stereocenters. The van der Waals surface area contributed by atoms with Crippen LogP contribution in [0.25, 0.3) is 11.2 Å². The molecule has 2 N–H and O–H groups in total. The van der Waals surface area contributed by atoms with E-state index in [4.69, 9.17) is 9.47 Å². The average molecular weight is 422 g/mol. The molecular formula is C19H27FN6O4. The predicted octanol–water partition coefficient (Wildman–Crippen LogP) is 2.43. The number of hydrogen-bond donors (Lipinski definition) is 2. The third kappa shape index (κ3) is 4.35. The van der Waals surface area contributed by atoms with Crippen LogP contribution in [0.15, 0.2) is 6.33 Å². The van der Waals surface area contributed by atoms with Crippen LogP contribution in [0, 0.1) is 5.92 Å². The van der Waals surface area contributed by atoms with Crippen LogP contribution in [0.5, 0.6) is 0 Å². The van der Waals surface area contributed by atoms with Crippen LogP contribution in [-0.4, -0.2) is 56.8 Å². The van der Waals surface area contributed by atoms with E-state index in [2.05, 4.69) is 25.6 Å². The molecule has 30 heavy (non-hydrogen) atoms. The van der Waals surface area contributed by atoms with Crippen molar-refractivity contribution in [3.05, 3.63) is 6.33 Å². The zero-order valence-electron chi connectivity index (χ0n) is 17.7. The molecule has 1 amide bonds. The number of imidazole rings is 1. The molecule has 2 aromatic rings. The molecule has 0 saturated carbocycles. The van der Waals surface area contributed by atoms with Crippen molar-refractivity contribution < 1.29 is 23.5 Å². The molecule has 10 nitrogen and oxygen atoms in total. The van der Waals surface area contributed by atoms with Crippen LogP contribution in [-0.2, 0) is 19.1 Å². The van der Waals surface area contributed by atoms with E-state index in [1.165, 1.54) is 17.8 Å². The Hall–Kier alpha value is -2.82. The Morgan fingerprint density at radius 3 is 2.80 bits per heavy atom. The number of halogens is 1. The van der Waals surface area contributed by atoms with Crippen LogP contribution < -0.4 is 10.6 Å². The predicted molar refractivity (Wildman–Crippen MR) is 108 cm³/mol. The van der Waals surface area contributed by atoms with Crippen molar-refractivity contribution in [2.45, 2.75) is 58.5 Å². The summed E-state index contributed by atoms with van der Waals surface area (Å²) in [5.74, 6) is -0.405. The van der Waals surface area contributed by atoms with Gasteiger partial charge in [0, 0.05) is 19.9 Å². The van der Waals surface area contributed by atoms with Crippen molar-refractivity contribution in [2.24, 2.45) is 5.92 Å². The second-order valence-electron chi connectivity index (χ2n) is 7.75. The summed E-state index contributed by atoms with van der Waals surface area (Å²) in [6, 6.07) is 0. The minimum atomic E-state index is -1.75. The fourth-order valence-corrected chi connectivity index (χ4v) is 3.25. The molecule has 0 spiro atoms. The summed E-state index contributed by atoms with van der Waals surface area (Å²) in [6.07, 6.45) is 0.109. The highest BCUT2D eigenvalue weighted by atomic mass is 19.1. The number of nitrogens with zero attached hydrogens (tertiary/aromatic N) is 4. The number of anilines is 2. The number of aromatic nitrogens is 4. The maximum Gasteiger partial charge on any atom is 0.308 e. The van der Waals surface area contributed by atoms with Crippen LogP contribution in [0.2, 0.25) is 0 Å². The number of alkyl halides is 1. The van der Waals surface area contributed by atoms with Gasteiger partial charge < -0.3 is 14.8 Å². The second-order valence-corrected chi connectivity index (χ2v) is 7.75. The Balaban J connectivity index is 1.90. The van der Waals surface area contributed by atoms with Gasteiger partial charge in [-0.3, -0.25) is 19.5 Å². The summed E-state index contributed by atoms with van der Waals surface area (Å²) in [7, 11) is 1.66. The van der Waals surface area contributed by atoms with E-state index in [-0.39, 0.29) is 43.2 Å². The summed E-state index contributed by atoms with van der Waals surface area (Å²) >= 11 is 0. The van der Waals surface area contributed by atoms with Gasteiger partial charge in [0.1, 0.15) is 6.61 Å². The first-order valence-electron chi connectivity index (χ1n) is 9.89. The van der Waals surface area contributed by atoms with Gasteiger partial charge in [-0.2, -0.15) is 9.97 Å². The Morgan fingerprint density at radius 1 is 1.43 bits per heavy atom. The quantitative estimate of drug-likeness (QED) is 0.653. The number of rotatable bonds is 7. The summed E-state index contributed by atoms with van der Waals surface area (Å²) in [4.78, 5) is 36.4. The molecule has 3 rings (SSSR count). The SMILES string of the molecule is CCC(=O)Nc1nc(NC)c2ncn([C@@H]3O[C@H](COC(=O)C(C)C)C[C@@]3(C)F)c2n1. The minimum Gasteiger partial charge on any atom is -0.463 e. The molecule has 1 saturated heterocycles. The maximum absolute atomic E-state index is 15.4. The summed E-state index contributed by atoms with van der Waals surface area (Å²) < 4.78 is 28.0. The summed E-state index contributed by atoms with van der Waals surface area (Å²) in [5.41, 5.74) is -1.02. The second kappa shape index (κ2) is 8.50. The molecule has 2 aromatic heterocycles. The van der Waals surface area contributed by atoms with Gasteiger partial charge in [-0.15, -0.1) is 0 Å². The van der Waals surface area contributed by atoms with Gasteiger partial charge in [-0.25, -0.2) is 9.37 Å². The van der Waals surface area contributed by atoms with Gasteiger partial charge in [0.2, 0.25) is 11.9 Å². The molecule has 1 aliphatic rings. The number of ether oxygens (including phenoxy) is 2. The third-order valence-corrected chi connectivity index (χ3v) is 4.83. The Bertz CT molecular complexity index is 944. The van der Waals surface area contributed by atoms with Gasteiger partial charge in [-0.1, -0.05) is 20.8 Å². The number of carbonyl (C=O) groups is 2. The number of hydrogen-bond acceptors (Lipinski definition) is 8. The topological polar surface area (TPSA) is 120 Å². The van der Waals surface area contributed by atoms with Crippen molar-refractivity contribution in [3.8, 4) is 0 Å². The van der Waals surface area contributed by atoms with E-state index in [9.17, 15) is 9.59 Å². The lowest BCUT2D eigenvalue weighted by Gasteiger charge is -2.22. The van der Waals surface area contributed by atoms with E-state index in [1.54, 1.807) is 27.8 Å². The van der Waals surface area contributed by atoms with E-state index in [0.717, 1.165) is 0 Å². The lowest BCUT2D eigenvalue weighted by atomic mass is 10.0. The van der Waals surface area contributed by atoms with Crippen molar-refractivity contribution >= 4 is 34.8 Å². The Labute approximate surface area is 173 Å². The third-order valence-electron chi connectivity index (χ3n) is 4.83. The maximum atomic E-state index is 15.4. The van der Waals surface area contributed by atoms with Crippen molar-refractivity contribution in [2.75, 3.05) is 24.3 Å². The number of carbonyl (C=O) groups excluding carboxylic acids is 2. The Morgan fingerprint density at radius 2 is 2.17 bits per heavy atom. The van der Waals surface area contributed by atoms with Crippen LogP contribution >= 0.6 is 0 Å². The van der Waals surface area contributed by atoms with Crippen LogP contribution in [0.3, 0.4) is 0 Å². The molecule has 3 heterocycles. The number of amides is 1. The van der Waals surface area contributed by atoms with E-state index < -0.39 is 18.0 Å². The first-order chi connectivity index (χ1) is 14.2. The molecule has 0 bridgehead atoms. The highest BCUT2D eigenvalue weighted by molar-refractivity contribution is 5.91. The average Bonchev–Trinajstić information content (AvgIpc) is 3.24. The van der Waals surface area contributed by atoms with Crippen LogP contribution in [0.1, 0.15) is 46.8 Å². The van der Waals surface area contributed by atoms with Gasteiger partial charge in [0.05, 0.1) is 18.3 Å². The van der Waals surface area contributed by atoms with Crippen LogP contribution in [0.4, 0.5) is 16.2 Å².